The van der Waals surface area contributed by atoms with Crippen LogP contribution >= 0.6 is 12.2 Å². The Morgan fingerprint density at radius 1 is 1.20 bits per heavy atom. The number of carboxylic acid groups (broad SMARTS) is 2. The highest BCUT2D eigenvalue weighted by Crippen LogP contribution is 2.21. The standard InChI is InChI=1S/C24H23N5O5S/c1-2-11-29(13-14-3-8-18-17(12-14)22(35)28-24(25)27-18)16-6-4-15(5-7-16)21(32)26-19(23(33)34)9-10-20(30)31/h1,3-8,12,19H,9-11,13H2,(H,26,32)(H,30,31)(H,33,34)(H3,25,27,28,35). The number of H-pyrrole nitrogens is 1. The zero-order valence-corrected chi connectivity index (χ0v) is 19.3. The summed E-state index contributed by atoms with van der Waals surface area (Å²) in [4.78, 5) is 43.5. The second-order valence-corrected chi connectivity index (χ2v) is 8.10. The number of carbonyl (C=O) groups excluding carboxylic acids is 1. The van der Waals surface area contributed by atoms with E-state index in [-0.39, 0.29) is 24.4 Å². The maximum Gasteiger partial charge on any atom is 0.326 e. The Labute approximate surface area is 205 Å². The monoisotopic (exact) mass is 493 g/mol. The van der Waals surface area contributed by atoms with E-state index in [1.807, 2.05) is 23.1 Å². The molecule has 35 heavy (non-hydrogen) atoms. The van der Waals surface area contributed by atoms with Gasteiger partial charge in [0.15, 0.2) is 5.95 Å². The van der Waals surface area contributed by atoms with Crippen molar-refractivity contribution >= 4 is 52.6 Å². The molecule has 1 heterocycles. The quantitative estimate of drug-likeness (QED) is 0.211. The van der Waals surface area contributed by atoms with Crippen LogP contribution in [0.5, 0.6) is 0 Å². The first-order chi connectivity index (χ1) is 16.7. The number of fused-ring (bicyclic) bond motifs is 1. The molecule has 1 aromatic heterocycles. The SMILES string of the molecule is C#CCN(Cc1ccc2[nH]c(N)nc(=S)c2c1)c1ccc(C(=O)NC(CCC(=O)O)C(=O)O)cc1. The fourth-order valence-electron chi connectivity index (χ4n) is 3.47. The summed E-state index contributed by atoms with van der Waals surface area (Å²) in [5, 5.41) is 21.1. The van der Waals surface area contributed by atoms with Crippen LogP contribution in [0, 0.1) is 17.0 Å². The van der Waals surface area contributed by atoms with Crippen molar-refractivity contribution in [2.24, 2.45) is 0 Å². The van der Waals surface area contributed by atoms with Gasteiger partial charge in [-0.05, 0) is 48.4 Å². The maximum absolute atomic E-state index is 12.5. The summed E-state index contributed by atoms with van der Waals surface area (Å²) >= 11 is 5.31. The number of aliphatic carboxylic acids is 2. The first-order valence-corrected chi connectivity index (χ1v) is 10.9. The van der Waals surface area contributed by atoms with Crippen molar-refractivity contribution in [2.45, 2.75) is 25.4 Å². The number of nitrogens with zero attached hydrogens (tertiary/aromatic N) is 2. The molecule has 2 aromatic carbocycles. The van der Waals surface area contributed by atoms with Gasteiger partial charge in [0.25, 0.3) is 5.91 Å². The van der Waals surface area contributed by atoms with Crippen LogP contribution in [0.2, 0.25) is 0 Å². The first-order valence-electron chi connectivity index (χ1n) is 10.5. The van der Waals surface area contributed by atoms with E-state index >= 15 is 0 Å². The molecule has 0 aliphatic rings. The molecule has 180 valence electrons. The number of hydrogen-bond donors (Lipinski definition) is 5. The van der Waals surface area contributed by atoms with Gasteiger partial charge in [0, 0.05) is 29.6 Å². The molecule has 0 saturated heterocycles. The third-order valence-electron chi connectivity index (χ3n) is 5.20. The highest BCUT2D eigenvalue weighted by atomic mass is 32.1. The average Bonchev–Trinajstić information content (AvgIpc) is 2.81. The molecule has 0 radical (unpaired) electrons. The minimum Gasteiger partial charge on any atom is -0.481 e. The van der Waals surface area contributed by atoms with Gasteiger partial charge in [-0.2, -0.15) is 0 Å². The van der Waals surface area contributed by atoms with Crippen molar-refractivity contribution in [3.05, 3.63) is 58.2 Å². The molecule has 3 aromatic rings. The topological polar surface area (TPSA) is 162 Å². The molecule has 1 amide bonds. The smallest absolute Gasteiger partial charge is 0.326 e. The van der Waals surface area contributed by atoms with E-state index in [2.05, 4.69) is 21.2 Å². The zero-order chi connectivity index (χ0) is 25.5. The van der Waals surface area contributed by atoms with Crippen LogP contribution < -0.4 is 16.0 Å². The number of carbonyl (C=O) groups is 3. The molecular weight excluding hydrogens is 470 g/mol. The number of nitrogen functional groups attached to an aromatic ring is 1. The Balaban J connectivity index is 1.76. The summed E-state index contributed by atoms with van der Waals surface area (Å²) in [5.74, 6) is -0.200. The number of aromatic nitrogens is 2. The van der Waals surface area contributed by atoms with Crippen molar-refractivity contribution < 1.29 is 24.6 Å². The highest BCUT2D eigenvalue weighted by Gasteiger charge is 2.21. The molecule has 0 bridgehead atoms. The van der Waals surface area contributed by atoms with E-state index in [1.165, 1.54) is 0 Å². The lowest BCUT2D eigenvalue weighted by Gasteiger charge is -2.23. The first kappa shape index (κ1) is 25.2. The number of hydrogen-bond acceptors (Lipinski definition) is 7. The zero-order valence-electron chi connectivity index (χ0n) is 18.5. The van der Waals surface area contributed by atoms with Crippen LogP contribution in [0.1, 0.15) is 28.8 Å². The molecule has 0 fully saturated rings. The van der Waals surface area contributed by atoms with Gasteiger partial charge in [0.2, 0.25) is 0 Å². The summed E-state index contributed by atoms with van der Waals surface area (Å²) in [6, 6.07) is 10.9. The van der Waals surface area contributed by atoms with Crippen molar-refractivity contribution in [3.63, 3.8) is 0 Å². The van der Waals surface area contributed by atoms with Crippen LogP contribution in [0.3, 0.4) is 0 Å². The molecule has 0 aliphatic carbocycles. The second-order valence-electron chi connectivity index (χ2n) is 7.71. The van der Waals surface area contributed by atoms with Gasteiger partial charge >= 0.3 is 11.9 Å². The van der Waals surface area contributed by atoms with Gasteiger partial charge in [-0.25, -0.2) is 9.78 Å². The molecule has 0 aliphatic heterocycles. The lowest BCUT2D eigenvalue weighted by molar-refractivity contribution is -0.140. The minimum absolute atomic E-state index is 0.220. The highest BCUT2D eigenvalue weighted by molar-refractivity contribution is 7.71. The summed E-state index contributed by atoms with van der Waals surface area (Å²) in [7, 11) is 0. The molecular formula is C24H23N5O5S. The normalized spacial score (nSPS) is 11.4. The number of benzene rings is 2. The van der Waals surface area contributed by atoms with Gasteiger partial charge in [0.1, 0.15) is 10.7 Å². The predicted molar refractivity (Wildman–Crippen MR) is 133 cm³/mol. The van der Waals surface area contributed by atoms with E-state index in [9.17, 15) is 19.5 Å². The summed E-state index contributed by atoms with van der Waals surface area (Å²) < 4.78 is 0.389. The Bertz CT molecular complexity index is 1360. The summed E-state index contributed by atoms with van der Waals surface area (Å²) in [6.45, 7) is 0.758. The third kappa shape index (κ3) is 6.55. The fraction of sp³-hybridized carbons (Fsp3) is 0.208. The molecule has 11 heteroatoms. The molecule has 1 atom stereocenters. The van der Waals surface area contributed by atoms with Gasteiger partial charge in [0.05, 0.1) is 12.1 Å². The summed E-state index contributed by atoms with van der Waals surface area (Å²) in [5.41, 5.74) is 8.40. The number of terminal acetylenes is 1. The van der Waals surface area contributed by atoms with Gasteiger partial charge in [-0.3, -0.25) is 9.59 Å². The van der Waals surface area contributed by atoms with Crippen LogP contribution in [0.25, 0.3) is 10.9 Å². The fourth-order valence-corrected chi connectivity index (χ4v) is 3.74. The predicted octanol–water partition coefficient (Wildman–Crippen LogP) is 2.56. The van der Waals surface area contributed by atoms with Crippen molar-refractivity contribution in [3.8, 4) is 12.3 Å². The number of aromatic amines is 1. The van der Waals surface area contributed by atoms with Crippen LogP contribution in [-0.4, -0.2) is 50.6 Å². The number of amides is 1. The number of nitrogens with one attached hydrogen (secondary N) is 2. The van der Waals surface area contributed by atoms with Crippen LogP contribution in [-0.2, 0) is 16.1 Å². The Kier molecular flexibility index (Phi) is 8.01. The number of rotatable bonds is 10. The largest absolute Gasteiger partial charge is 0.481 e. The molecule has 1 unspecified atom stereocenters. The Hall–Kier alpha value is -4.43. The Morgan fingerprint density at radius 2 is 1.91 bits per heavy atom. The van der Waals surface area contributed by atoms with Gasteiger partial charge < -0.3 is 31.1 Å². The molecule has 0 saturated carbocycles. The second kappa shape index (κ2) is 11.1. The minimum atomic E-state index is -1.31. The Morgan fingerprint density at radius 3 is 2.54 bits per heavy atom. The number of nitrogens with two attached hydrogens (primary N) is 1. The molecule has 0 spiro atoms. The van der Waals surface area contributed by atoms with Gasteiger partial charge in [-0.1, -0.05) is 24.2 Å². The lowest BCUT2D eigenvalue weighted by Crippen LogP contribution is -2.41. The van der Waals surface area contributed by atoms with E-state index in [0.717, 1.165) is 22.2 Å². The van der Waals surface area contributed by atoms with E-state index in [0.29, 0.717) is 17.7 Å². The third-order valence-corrected chi connectivity index (χ3v) is 5.51. The van der Waals surface area contributed by atoms with E-state index < -0.39 is 23.9 Å². The van der Waals surface area contributed by atoms with Crippen molar-refractivity contribution in [1.29, 1.82) is 0 Å². The molecule has 10 nitrogen and oxygen atoms in total. The van der Waals surface area contributed by atoms with Crippen LogP contribution in [0.15, 0.2) is 42.5 Å². The molecule has 6 N–H and O–H groups in total. The van der Waals surface area contributed by atoms with Gasteiger partial charge in [-0.15, -0.1) is 6.42 Å². The maximum atomic E-state index is 12.5. The van der Waals surface area contributed by atoms with Crippen molar-refractivity contribution in [2.75, 3.05) is 17.2 Å². The van der Waals surface area contributed by atoms with E-state index in [4.69, 9.17) is 29.5 Å². The summed E-state index contributed by atoms with van der Waals surface area (Å²) in [6.07, 6.45) is 4.97. The van der Waals surface area contributed by atoms with Crippen LogP contribution in [0.4, 0.5) is 11.6 Å². The average molecular weight is 494 g/mol. The molecule has 3 rings (SSSR count). The number of carboxylic acids is 2. The number of anilines is 2. The van der Waals surface area contributed by atoms with E-state index in [1.54, 1.807) is 24.3 Å². The lowest BCUT2D eigenvalue weighted by atomic mass is 10.1. The van der Waals surface area contributed by atoms with Crippen molar-refractivity contribution in [1.82, 2.24) is 15.3 Å².